The van der Waals surface area contributed by atoms with Crippen LogP contribution in [0.3, 0.4) is 0 Å². The van der Waals surface area contributed by atoms with E-state index < -0.39 is 0 Å². The highest BCUT2D eigenvalue weighted by atomic mass is 32.1. The van der Waals surface area contributed by atoms with E-state index in [0.29, 0.717) is 0 Å². The summed E-state index contributed by atoms with van der Waals surface area (Å²) in [5.41, 5.74) is 25.4. The monoisotopic (exact) mass is 963 g/mol. The van der Waals surface area contributed by atoms with Crippen LogP contribution in [-0.4, -0.2) is 6.71 Å². The predicted molar refractivity (Wildman–Crippen MR) is 317 cm³/mol. The van der Waals surface area contributed by atoms with Crippen LogP contribution in [0.15, 0.2) is 133 Å². The molecule has 11 rings (SSSR count). The van der Waals surface area contributed by atoms with Gasteiger partial charge in [-0.1, -0.05) is 183 Å². The molecule has 0 fully saturated rings. The minimum atomic E-state index is -0.0355. The van der Waals surface area contributed by atoms with Crippen molar-refractivity contribution in [3.05, 3.63) is 172 Å². The fourth-order valence-corrected chi connectivity index (χ4v) is 13.1. The van der Waals surface area contributed by atoms with Gasteiger partial charge in [-0.2, -0.15) is 0 Å². The molecule has 3 heterocycles. The third-order valence-electron chi connectivity index (χ3n) is 16.2. The van der Waals surface area contributed by atoms with Gasteiger partial charge in [0.05, 0.1) is 11.4 Å². The maximum absolute atomic E-state index is 2.72. The Morgan fingerprint density at radius 3 is 1.67 bits per heavy atom. The van der Waals surface area contributed by atoms with Crippen molar-refractivity contribution in [1.82, 2.24) is 0 Å². The molecular formula is C68H75BN2S. The van der Waals surface area contributed by atoms with E-state index >= 15 is 0 Å². The SMILES string of the molecule is CC(C)(C)c1cc(-c2cccc(N3c4ccc(C(C)(C)C)cc4B4c5sc6ccc(C(C)(C)C)cc6c5N(c5ccc(C(C)(C)C)cc5-c5cccc6c5CCCC6)c5cccc3c54)c2)cc(C(C)(C)C)c1. The van der Waals surface area contributed by atoms with E-state index in [1.165, 1.54) is 134 Å². The molecule has 0 atom stereocenters. The van der Waals surface area contributed by atoms with Crippen molar-refractivity contribution in [1.29, 1.82) is 0 Å². The summed E-state index contributed by atoms with van der Waals surface area (Å²) in [4.78, 5) is 5.32. The fourth-order valence-electron chi connectivity index (χ4n) is 11.8. The van der Waals surface area contributed by atoms with Gasteiger partial charge in [0.25, 0.3) is 6.71 Å². The molecule has 0 saturated heterocycles. The molecule has 0 spiro atoms. The maximum Gasteiger partial charge on any atom is 0.264 e. The second-order valence-corrected chi connectivity index (χ2v) is 27.7. The van der Waals surface area contributed by atoms with Crippen molar-refractivity contribution in [2.45, 2.75) is 157 Å². The molecular weight excluding hydrogens is 888 g/mol. The quantitative estimate of drug-likeness (QED) is 0.162. The summed E-state index contributed by atoms with van der Waals surface area (Å²) in [6.07, 6.45) is 4.76. The van der Waals surface area contributed by atoms with Crippen LogP contribution in [0.2, 0.25) is 0 Å². The molecule has 2 nitrogen and oxygen atoms in total. The van der Waals surface area contributed by atoms with Gasteiger partial charge in [0.1, 0.15) is 0 Å². The van der Waals surface area contributed by atoms with Crippen LogP contribution in [0.4, 0.5) is 34.1 Å². The highest BCUT2D eigenvalue weighted by Gasteiger charge is 2.46. The summed E-state index contributed by atoms with van der Waals surface area (Å²) in [6.45, 7) is 35.3. The van der Waals surface area contributed by atoms with E-state index in [-0.39, 0.29) is 33.8 Å². The number of aryl methyl sites for hydroxylation is 1. The van der Waals surface area contributed by atoms with Gasteiger partial charge < -0.3 is 9.80 Å². The van der Waals surface area contributed by atoms with Gasteiger partial charge in [0, 0.05) is 43.2 Å². The van der Waals surface area contributed by atoms with E-state index in [4.69, 9.17) is 0 Å². The van der Waals surface area contributed by atoms with E-state index in [0.717, 1.165) is 12.8 Å². The van der Waals surface area contributed by atoms with Gasteiger partial charge in [-0.05, 0) is 174 Å². The Kier molecular flexibility index (Phi) is 11.3. The normalized spacial score (nSPS) is 14.8. The standard InChI is InChI=1S/C68H75BN2S/c1-64(2,3)45-29-32-56(53(39-45)52-26-19-22-42-21-16-17-25-51(42)52)71-59-28-20-27-58-61(59)69(63-62(71)54-40-46(65(4,5)6)31-34-60(54)72-63)55-41-47(66(7,8)9)30-33-57(55)70(58)50-24-18-23-43(37-50)44-35-48(67(10,11)12)38-49(36-44)68(13,14)15/h18-20,22-24,26-41H,16-17,21,25H2,1-15H3. The lowest BCUT2D eigenvalue weighted by molar-refractivity contribution is 0.569. The second-order valence-electron chi connectivity index (χ2n) is 26.6. The Morgan fingerprint density at radius 2 is 1.00 bits per heavy atom. The Morgan fingerprint density at radius 1 is 0.431 bits per heavy atom. The number of fused-ring (bicyclic) bond motifs is 7. The highest BCUT2D eigenvalue weighted by molar-refractivity contribution is 7.33. The van der Waals surface area contributed by atoms with Crippen LogP contribution < -0.4 is 25.5 Å². The minimum Gasteiger partial charge on any atom is -0.311 e. The van der Waals surface area contributed by atoms with Crippen molar-refractivity contribution < 1.29 is 0 Å². The number of hydrogen-bond acceptors (Lipinski definition) is 3. The van der Waals surface area contributed by atoms with Gasteiger partial charge >= 0.3 is 0 Å². The van der Waals surface area contributed by atoms with Crippen molar-refractivity contribution in [2.75, 3.05) is 9.80 Å². The second kappa shape index (κ2) is 16.9. The van der Waals surface area contributed by atoms with Crippen LogP contribution in [-0.2, 0) is 39.9 Å². The Balaban J connectivity index is 1.22. The van der Waals surface area contributed by atoms with Crippen LogP contribution in [0.1, 0.15) is 156 Å². The van der Waals surface area contributed by atoms with Gasteiger partial charge in [-0.3, -0.25) is 0 Å². The zero-order valence-corrected chi connectivity index (χ0v) is 46.7. The summed E-state index contributed by atoms with van der Waals surface area (Å²) >= 11 is 2.01. The first-order chi connectivity index (χ1) is 33.9. The Hall–Kier alpha value is -5.84. The van der Waals surface area contributed by atoms with Crippen LogP contribution in [0, 0.1) is 0 Å². The average Bonchev–Trinajstić information content (AvgIpc) is 3.70. The molecule has 7 aromatic carbocycles. The number of thiophene rings is 1. The molecule has 72 heavy (non-hydrogen) atoms. The van der Waals surface area contributed by atoms with E-state index in [1.807, 2.05) is 11.3 Å². The lowest BCUT2D eigenvalue weighted by Gasteiger charge is -2.44. The number of rotatable bonds is 4. The highest BCUT2D eigenvalue weighted by Crippen LogP contribution is 2.52. The first kappa shape index (κ1) is 48.4. The lowest BCUT2D eigenvalue weighted by Crippen LogP contribution is -2.60. The van der Waals surface area contributed by atoms with E-state index in [2.05, 4.69) is 247 Å². The Labute approximate surface area is 436 Å². The summed E-state index contributed by atoms with van der Waals surface area (Å²) in [5.74, 6) is 0. The minimum absolute atomic E-state index is 0.00728. The molecule has 1 aliphatic carbocycles. The number of benzene rings is 7. The van der Waals surface area contributed by atoms with Gasteiger partial charge in [-0.15, -0.1) is 11.3 Å². The topological polar surface area (TPSA) is 6.48 Å². The maximum atomic E-state index is 2.72. The molecule has 8 aromatic rings. The molecule has 0 N–H and O–H groups in total. The van der Waals surface area contributed by atoms with Crippen LogP contribution >= 0.6 is 11.3 Å². The summed E-state index contributed by atoms with van der Waals surface area (Å²) < 4.78 is 2.76. The molecule has 0 unspecified atom stereocenters. The van der Waals surface area contributed by atoms with Gasteiger partial charge in [0.15, 0.2) is 0 Å². The Bertz CT molecular complexity index is 3430. The summed E-state index contributed by atoms with van der Waals surface area (Å²) in [7, 11) is 0. The van der Waals surface area contributed by atoms with Crippen LogP contribution in [0.5, 0.6) is 0 Å². The molecule has 366 valence electrons. The summed E-state index contributed by atoms with van der Waals surface area (Å²) in [5, 5.41) is 1.34. The molecule has 0 bridgehead atoms. The van der Waals surface area contributed by atoms with Crippen molar-refractivity contribution in [3.63, 3.8) is 0 Å². The molecule has 0 radical (unpaired) electrons. The number of anilines is 6. The third kappa shape index (κ3) is 8.25. The fraction of sp³-hybridized carbons (Fsp3) is 0.353. The van der Waals surface area contributed by atoms with E-state index in [1.54, 1.807) is 0 Å². The number of nitrogens with zero attached hydrogens (tertiary/aromatic N) is 2. The molecule has 1 aromatic heterocycles. The molecule has 2 aliphatic heterocycles. The largest absolute Gasteiger partial charge is 0.311 e. The van der Waals surface area contributed by atoms with Crippen molar-refractivity contribution in [3.8, 4) is 22.3 Å². The first-order valence-electron chi connectivity index (χ1n) is 26.8. The average molecular weight is 963 g/mol. The van der Waals surface area contributed by atoms with Crippen LogP contribution in [0.25, 0.3) is 32.3 Å². The molecule has 4 heteroatoms. The smallest absolute Gasteiger partial charge is 0.264 e. The van der Waals surface area contributed by atoms with Crippen molar-refractivity contribution in [2.24, 2.45) is 0 Å². The van der Waals surface area contributed by atoms with Crippen molar-refractivity contribution >= 4 is 78.0 Å². The zero-order chi connectivity index (χ0) is 51.0. The molecule has 0 amide bonds. The van der Waals surface area contributed by atoms with Gasteiger partial charge in [-0.25, -0.2) is 0 Å². The first-order valence-corrected chi connectivity index (χ1v) is 27.6. The summed E-state index contributed by atoms with van der Waals surface area (Å²) in [6, 6.07) is 53.2. The molecule has 0 saturated carbocycles. The third-order valence-corrected chi connectivity index (χ3v) is 17.4. The lowest BCUT2D eigenvalue weighted by atomic mass is 9.36. The van der Waals surface area contributed by atoms with E-state index in [9.17, 15) is 0 Å². The molecule has 3 aliphatic rings. The van der Waals surface area contributed by atoms with Gasteiger partial charge in [0.2, 0.25) is 0 Å². The zero-order valence-electron chi connectivity index (χ0n) is 45.9. The number of hydrogen-bond donors (Lipinski definition) is 0. The predicted octanol–water partition coefficient (Wildman–Crippen LogP) is 17.7.